The molecule has 5 heteroatoms. The van der Waals surface area contributed by atoms with E-state index in [4.69, 9.17) is 0 Å². The molecule has 1 unspecified atom stereocenters. The highest BCUT2D eigenvalue weighted by Crippen LogP contribution is 2.59. The summed E-state index contributed by atoms with van der Waals surface area (Å²) in [6.07, 6.45) is 3.47. The van der Waals surface area contributed by atoms with Gasteiger partial charge in [0.25, 0.3) is 0 Å². The van der Waals surface area contributed by atoms with Crippen LogP contribution in [0.15, 0.2) is 12.1 Å². The molecule has 1 spiro atoms. The first kappa shape index (κ1) is 14.1. The summed E-state index contributed by atoms with van der Waals surface area (Å²) in [5, 5.41) is 3.33. The van der Waals surface area contributed by atoms with Gasteiger partial charge in [0.1, 0.15) is 11.6 Å². The number of carbonyl (C=O) groups is 1. The van der Waals surface area contributed by atoms with Crippen molar-refractivity contribution in [3.63, 3.8) is 0 Å². The molecule has 1 saturated heterocycles. The molecule has 0 aromatic heterocycles. The number of fused-ring (bicyclic) bond motifs is 1. The van der Waals surface area contributed by atoms with Crippen LogP contribution in [0.1, 0.15) is 30.4 Å². The lowest BCUT2D eigenvalue weighted by atomic mass is 9.91. The van der Waals surface area contributed by atoms with Gasteiger partial charge in [-0.25, -0.2) is 8.78 Å². The Hall–Kier alpha value is -1.49. The minimum Gasteiger partial charge on any atom is -0.338 e. The maximum Gasteiger partial charge on any atom is 0.226 e. The van der Waals surface area contributed by atoms with Crippen molar-refractivity contribution in [1.82, 2.24) is 10.2 Å². The van der Waals surface area contributed by atoms with Gasteiger partial charge in [0.15, 0.2) is 0 Å². The van der Waals surface area contributed by atoms with Gasteiger partial charge in [-0.15, -0.1) is 0 Å². The summed E-state index contributed by atoms with van der Waals surface area (Å²) in [6.45, 7) is 2.67. The summed E-state index contributed by atoms with van der Waals surface area (Å²) in [7, 11) is 0. The Balaban J connectivity index is 1.51. The number of benzene rings is 1. The van der Waals surface area contributed by atoms with Crippen LogP contribution in [0.5, 0.6) is 0 Å². The molecule has 1 N–H and O–H groups in total. The van der Waals surface area contributed by atoms with E-state index < -0.39 is 5.82 Å². The highest BCUT2D eigenvalue weighted by molar-refractivity contribution is 5.83. The standard InChI is InChI=1S/C17H20F2N2O/c18-14-1-2-15(19)12-10-21(8-3-11(12)14)16(22)13-9-17(13)4-6-20-7-5-17/h1-2,13,20H,3-10H2. The number of nitrogens with zero attached hydrogens (tertiary/aromatic N) is 1. The molecule has 3 aliphatic rings. The fourth-order valence-electron chi connectivity index (χ4n) is 4.18. The molecule has 2 fully saturated rings. The summed E-state index contributed by atoms with van der Waals surface area (Å²) in [4.78, 5) is 14.5. The maximum atomic E-state index is 13.9. The lowest BCUT2D eigenvalue weighted by Crippen LogP contribution is -2.40. The van der Waals surface area contributed by atoms with E-state index in [2.05, 4.69) is 5.32 Å². The minimum atomic E-state index is -0.402. The highest BCUT2D eigenvalue weighted by atomic mass is 19.1. The van der Waals surface area contributed by atoms with Crippen molar-refractivity contribution in [3.8, 4) is 0 Å². The van der Waals surface area contributed by atoms with Gasteiger partial charge in [-0.1, -0.05) is 0 Å². The van der Waals surface area contributed by atoms with Crippen molar-refractivity contribution in [2.45, 2.75) is 32.2 Å². The van der Waals surface area contributed by atoms with Crippen molar-refractivity contribution in [3.05, 3.63) is 34.9 Å². The van der Waals surface area contributed by atoms with Crippen LogP contribution in [-0.2, 0) is 17.8 Å². The van der Waals surface area contributed by atoms with E-state index in [9.17, 15) is 13.6 Å². The topological polar surface area (TPSA) is 32.3 Å². The second-order valence-corrected chi connectivity index (χ2v) is 6.87. The summed E-state index contributed by atoms with van der Waals surface area (Å²) >= 11 is 0. The highest BCUT2D eigenvalue weighted by Gasteiger charge is 2.58. The van der Waals surface area contributed by atoms with Gasteiger partial charge in [0.2, 0.25) is 5.91 Å². The maximum absolute atomic E-state index is 13.9. The van der Waals surface area contributed by atoms with Gasteiger partial charge in [-0.3, -0.25) is 4.79 Å². The first-order valence-electron chi connectivity index (χ1n) is 8.06. The molecule has 4 rings (SSSR count). The molecule has 2 aliphatic heterocycles. The predicted octanol–water partition coefficient (Wildman–Crippen LogP) is 2.24. The summed E-state index contributed by atoms with van der Waals surface area (Å²) in [5.41, 5.74) is 0.986. The number of nitrogens with one attached hydrogen (secondary N) is 1. The van der Waals surface area contributed by atoms with Crippen LogP contribution in [0.25, 0.3) is 0 Å². The van der Waals surface area contributed by atoms with Crippen LogP contribution >= 0.6 is 0 Å². The Bertz CT molecular complexity index is 625. The lowest BCUT2D eigenvalue weighted by Gasteiger charge is -2.31. The van der Waals surface area contributed by atoms with Gasteiger partial charge < -0.3 is 10.2 Å². The third-order valence-electron chi connectivity index (χ3n) is 5.70. The Morgan fingerprint density at radius 1 is 1.18 bits per heavy atom. The van der Waals surface area contributed by atoms with Gasteiger partial charge in [-0.05, 0) is 61.9 Å². The summed E-state index contributed by atoms with van der Waals surface area (Å²) < 4.78 is 27.7. The molecular weight excluding hydrogens is 286 g/mol. The zero-order valence-corrected chi connectivity index (χ0v) is 12.5. The molecule has 1 amide bonds. The molecular formula is C17H20F2N2O. The molecule has 1 aromatic carbocycles. The fraction of sp³-hybridized carbons (Fsp3) is 0.588. The van der Waals surface area contributed by atoms with E-state index in [0.29, 0.717) is 24.1 Å². The summed E-state index contributed by atoms with van der Waals surface area (Å²) in [5.74, 6) is -0.532. The van der Waals surface area contributed by atoms with E-state index in [0.717, 1.165) is 38.4 Å². The first-order valence-corrected chi connectivity index (χ1v) is 8.06. The first-order chi connectivity index (χ1) is 10.6. The van der Waals surface area contributed by atoms with Crippen molar-refractivity contribution < 1.29 is 13.6 Å². The van der Waals surface area contributed by atoms with E-state index in [1.165, 1.54) is 6.07 Å². The van der Waals surface area contributed by atoms with Crippen molar-refractivity contribution in [2.24, 2.45) is 11.3 Å². The largest absolute Gasteiger partial charge is 0.338 e. The number of hydrogen-bond donors (Lipinski definition) is 1. The molecule has 1 saturated carbocycles. The Morgan fingerprint density at radius 2 is 1.86 bits per heavy atom. The Kier molecular flexibility index (Phi) is 3.22. The van der Waals surface area contributed by atoms with Gasteiger partial charge in [0, 0.05) is 24.6 Å². The third-order valence-corrected chi connectivity index (χ3v) is 5.70. The number of halogens is 2. The molecule has 118 valence electrons. The number of amides is 1. The van der Waals surface area contributed by atoms with Crippen LogP contribution in [0.2, 0.25) is 0 Å². The van der Waals surface area contributed by atoms with E-state index in [-0.39, 0.29) is 29.6 Å². The third kappa shape index (κ3) is 2.14. The smallest absolute Gasteiger partial charge is 0.226 e. The number of carbonyl (C=O) groups excluding carboxylic acids is 1. The molecule has 22 heavy (non-hydrogen) atoms. The van der Waals surface area contributed by atoms with Gasteiger partial charge in [0.05, 0.1) is 0 Å². The quantitative estimate of drug-likeness (QED) is 0.863. The van der Waals surface area contributed by atoms with Crippen molar-refractivity contribution in [2.75, 3.05) is 19.6 Å². The molecule has 1 aromatic rings. The molecule has 1 aliphatic carbocycles. The van der Waals surface area contributed by atoms with Crippen LogP contribution < -0.4 is 5.32 Å². The minimum absolute atomic E-state index is 0.0905. The summed E-state index contributed by atoms with van der Waals surface area (Å²) in [6, 6.07) is 2.34. The molecule has 0 bridgehead atoms. The number of rotatable bonds is 1. The normalized spacial score (nSPS) is 25.9. The van der Waals surface area contributed by atoms with Gasteiger partial charge >= 0.3 is 0 Å². The predicted molar refractivity (Wildman–Crippen MR) is 78.1 cm³/mol. The van der Waals surface area contributed by atoms with Crippen LogP contribution in [0, 0.1) is 23.0 Å². The molecule has 1 atom stereocenters. The van der Waals surface area contributed by atoms with E-state index >= 15 is 0 Å². The second-order valence-electron chi connectivity index (χ2n) is 6.87. The Morgan fingerprint density at radius 3 is 2.59 bits per heavy atom. The molecule has 0 radical (unpaired) electrons. The van der Waals surface area contributed by atoms with Gasteiger partial charge in [-0.2, -0.15) is 0 Å². The Labute approximate surface area is 128 Å². The average Bonchev–Trinajstić information content (AvgIpc) is 3.23. The zero-order valence-electron chi connectivity index (χ0n) is 12.5. The van der Waals surface area contributed by atoms with E-state index in [1.807, 2.05) is 0 Å². The van der Waals surface area contributed by atoms with Crippen LogP contribution in [0.4, 0.5) is 8.78 Å². The zero-order chi connectivity index (χ0) is 15.3. The fourth-order valence-corrected chi connectivity index (χ4v) is 4.18. The van der Waals surface area contributed by atoms with Crippen molar-refractivity contribution >= 4 is 5.91 Å². The lowest BCUT2D eigenvalue weighted by molar-refractivity contribution is -0.134. The molecule has 2 heterocycles. The number of piperidine rings is 1. The number of hydrogen-bond acceptors (Lipinski definition) is 2. The molecule has 3 nitrogen and oxygen atoms in total. The van der Waals surface area contributed by atoms with E-state index in [1.54, 1.807) is 4.90 Å². The monoisotopic (exact) mass is 306 g/mol. The average molecular weight is 306 g/mol. The van der Waals surface area contributed by atoms with Crippen LogP contribution in [0.3, 0.4) is 0 Å². The van der Waals surface area contributed by atoms with Crippen molar-refractivity contribution in [1.29, 1.82) is 0 Å². The SMILES string of the molecule is O=C(C1CC12CCNCC2)N1CCc2c(F)ccc(F)c2C1. The van der Waals surface area contributed by atoms with Crippen LogP contribution in [-0.4, -0.2) is 30.4 Å². The second kappa shape index (κ2) is 5.01.